The average Bonchev–Trinajstić information content (AvgIpc) is 3.18. The first kappa shape index (κ1) is 19.6. The fourth-order valence-corrected chi connectivity index (χ4v) is 3.62. The Morgan fingerprint density at radius 1 is 1.17 bits per heavy atom. The Balaban J connectivity index is 1.53. The maximum atomic E-state index is 13.2. The molecule has 154 valence electrons. The Morgan fingerprint density at radius 2 is 1.87 bits per heavy atom. The second kappa shape index (κ2) is 7.25. The van der Waals surface area contributed by atoms with Gasteiger partial charge in [-0.1, -0.05) is 24.3 Å². The van der Waals surface area contributed by atoms with Crippen molar-refractivity contribution in [2.24, 2.45) is 0 Å². The third-order valence-electron chi connectivity index (χ3n) is 5.22. The summed E-state index contributed by atoms with van der Waals surface area (Å²) in [5, 5.41) is 5.28. The minimum absolute atomic E-state index is 0.344. The number of benzene rings is 2. The van der Waals surface area contributed by atoms with E-state index in [1.54, 1.807) is 0 Å². The first-order chi connectivity index (χ1) is 14.3. The summed E-state index contributed by atoms with van der Waals surface area (Å²) in [6.07, 6.45) is 0. The van der Waals surface area contributed by atoms with Gasteiger partial charge in [0, 0.05) is 6.54 Å². The molecule has 0 aliphatic carbocycles. The molecule has 2 heterocycles. The third-order valence-corrected chi connectivity index (χ3v) is 5.22. The van der Waals surface area contributed by atoms with E-state index in [0.717, 1.165) is 15.9 Å². The summed E-state index contributed by atoms with van der Waals surface area (Å²) in [5.41, 5.74) is 0.655. The van der Waals surface area contributed by atoms with Crippen molar-refractivity contribution in [3.63, 3.8) is 0 Å². The summed E-state index contributed by atoms with van der Waals surface area (Å²) in [5.74, 6) is -1.24. The van der Waals surface area contributed by atoms with Gasteiger partial charge in [0.1, 0.15) is 17.9 Å². The monoisotopic (exact) mass is 409 g/mol. The van der Waals surface area contributed by atoms with Gasteiger partial charge in [0.05, 0.1) is 11.0 Å². The lowest BCUT2D eigenvalue weighted by atomic mass is 9.92. The van der Waals surface area contributed by atoms with Gasteiger partial charge in [0.2, 0.25) is 11.9 Å². The van der Waals surface area contributed by atoms with Crippen molar-refractivity contribution in [2.75, 3.05) is 11.9 Å². The second-order valence-corrected chi connectivity index (χ2v) is 7.17. The number of para-hydroxylation sites is 2. The number of nitrogens with zero attached hydrogens (tertiary/aromatic N) is 3. The van der Waals surface area contributed by atoms with Crippen LogP contribution in [-0.2, 0) is 21.7 Å². The molecule has 1 unspecified atom stereocenters. The number of halogens is 1. The molecule has 4 amide bonds. The van der Waals surface area contributed by atoms with Crippen LogP contribution in [0.4, 0.5) is 15.1 Å². The van der Waals surface area contributed by atoms with Crippen molar-refractivity contribution in [3.05, 3.63) is 59.9 Å². The smallest absolute Gasteiger partial charge is 0.319 e. The van der Waals surface area contributed by atoms with E-state index in [0.29, 0.717) is 18.1 Å². The Bertz CT molecular complexity index is 1160. The fourth-order valence-electron chi connectivity index (χ4n) is 3.62. The van der Waals surface area contributed by atoms with E-state index in [-0.39, 0.29) is 0 Å². The summed E-state index contributed by atoms with van der Waals surface area (Å²) in [4.78, 5) is 43.2. The van der Waals surface area contributed by atoms with Crippen LogP contribution in [0.5, 0.6) is 0 Å². The third kappa shape index (κ3) is 3.18. The molecule has 2 N–H and O–H groups in total. The molecule has 2 aromatic carbocycles. The molecule has 4 rings (SSSR count). The number of hydrogen-bond acceptors (Lipinski definition) is 4. The molecule has 1 aliphatic rings. The van der Waals surface area contributed by atoms with Crippen molar-refractivity contribution >= 4 is 34.8 Å². The Hall–Kier alpha value is -3.75. The van der Waals surface area contributed by atoms with Gasteiger partial charge in [-0.15, -0.1) is 0 Å². The van der Waals surface area contributed by atoms with E-state index in [4.69, 9.17) is 0 Å². The van der Waals surface area contributed by atoms with Crippen molar-refractivity contribution < 1.29 is 18.8 Å². The van der Waals surface area contributed by atoms with Gasteiger partial charge in [-0.2, -0.15) is 0 Å². The van der Waals surface area contributed by atoms with Gasteiger partial charge in [-0.05, 0) is 43.7 Å². The lowest BCUT2D eigenvalue weighted by Crippen LogP contribution is -2.42. The molecule has 30 heavy (non-hydrogen) atoms. The summed E-state index contributed by atoms with van der Waals surface area (Å²) < 4.78 is 15.1. The van der Waals surface area contributed by atoms with Gasteiger partial charge in [0.25, 0.3) is 5.91 Å². The number of aryl methyl sites for hydroxylation is 1. The molecule has 0 radical (unpaired) electrons. The molecule has 8 nitrogen and oxygen atoms in total. The SMILES string of the molecule is CCn1c(NC(=O)CN2C(=O)NC(C)(c3ccc(F)cc3)C2=O)nc2ccccc21. The van der Waals surface area contributed by atoms with Crippen LogP contribution in [0.3, 0.4) is 0 Å². The van der Waals surface area contributed by atoms with E-state index in [9.17, 15) is 18.8 Å². The number of aromatic nitrogens is 2. The summed E-state index contributed by atoms with van der Waals surface area (Å²) in [6.45, 7) is 3.57. The molecule has 1 aliphatic heterocycles. The Kier molecular flexibility index (Phi) is 4.73. The van der Waals surface area contributed by atoms with Crippen molar-refractivity contribution in [1.29, 1.82) is 0 Å². The zero-order valence-electron chi connectivity index (χ0n) is 16.5. The van der Waals surface area contributed by atoms with Crippen LogP contribution in [0.15, 0.2) is 48.5 Å². The van der Waals surface area contributed by atoms with Gasteiger partial charge in [-0.25, -0.2) is 14.2 Å². The highest BCUT2D eigenvalue weighted by molar-refractivity contribution is 6.10. The standard InChI is InChI=1S/C21H20FN5O3/c1-3-26-16-7-5-4-6-15(16)23-19(26)24-17(28)12-27-18(29)21(2,25-20(27)30)13-8-10-14(22)11-9-13/h4-11H,3,12H2,1-2H3,(H,25,30)(H,23,24,28). The number of anilines is 1. The minimum atomic E-state index is -1.37. The van der Waals surface area contributed by atoms with E-state index in [1.165, 1.54) is 31.2 Å². The largest absolute Gasteiger partial charge is 0.325 e. The van der Waals surface area contributed by atoms with Crippen molar-refractivity contribution in [2.45, 2.75) is 25.9 Å². The van der Waals surface area contributed by atoms with Crippen molar-refractivity contribution in [3.8, 4) is 0 Å². The van der Waals surface area contributed by atoms with Crippen LogP contribution in [0.25, 0.3) is 11.0 Å². The van der Waals surface area contributed by atoms with E-state index in [2.05, 4.69) is 15.6 Å². The molecule has 1 saturated heterocycles. The van der Waals surface area contributed by atoms with Crippen LogP contribution in [0, 0.1) is 5.82 Å². The van der Waals surface area contributed by atoms with Gasteiger partial charge >= 0.3 is 6.03 Å². The summed E-state index contributed by atoms with van der Waals surface area (Å²) in [6, 6.07) is 12.1. The number of fused-ring (bicyclic) bond motifs is 1. The number of nitrogens with one attached hydrogen (secondary N) is 2. The first-order valence-corrected chi connectivity index (χ1v) is 9.48. The number of hydrogen-bond donors (Lipinski definition) is 2. The lowest BCUT2D eigenvalue weighted by Gasteiger charge is -2.22. The molecule has 0 saturated carbocycles. The molecule has 1 fully saturated rings. The van der Waals surface area contributed by atoms with Crippen LogP contribution >= 0.6 is 0 Å². The number of imidazole rings is 1. The normalized spacial score (nSPS) is 18.7. The predicted molar refractivity (Wildman–Crippen MR) is 108 cm³/mol. The number of imide groups is 1. The molecule has 1 aromatic heterocycles. The molecular formula is C21H20FN5O3. The first-order valence-electron chi connectivity index (χ1n) is 9.48. The topological polar surface area (TPSA) is 96.3 Å². The van der Waals surface area contributed by atoms with E-state index in [1.807, 2.05) is 35.8 Å². The Labute approximate surface area is 171 Å². The van der Waals surface area contributed by atoms with Crippen LogP contribution < -0.4 is 10.6 Å². The molecular weight excluding hydrogens is 389 g/mol. The number of amides is 4. The van der Waals surface area contributed by atoms with Gasteiger partial charge in [0.15, 0.2) is 0 Å². The second-order valence-electron chi connectivity index (χ2n) is 7.17. The maximum absolute atomic E-state index is 13.2. The molecule has 3 aromatic rings. The maximum Gasteiger partial charge on any atom is 0.325 e. The molecule has 0 spiro atoms. The molecule has 1 atom stereocenters. The highest BCUT2D eigenvalue weighted by atomic mass is 19.1. The number of urea groups is 1. The van der Waals surface area contributed by atoms with Crippen LogP contribution in [0.1, 0.15) is 19.4 Å². The number of rotatable bonds is 5. The Morgan fingerprint density at radius 3 is 2.57 bits per heavy atom. The lowest BCUT2D eigenvalue weighted by molar-refractivity contribution is -0.133. The van der Waals surface area contributed by atoms with Crippen LogP contribution in [0.2, 0.25) is 0 Å². The average molecular weight is 409 g/mol. The zero-order valence-corrected chi connectivity index (χ0v) is 16.5. The quantitative estimate of drug-likeness (QED) is 0.633. The van der Waals surface area contributed by atoms with Crippen molar-refractivity contribution in [1.82, 2.24) is 19.8 Å². The zero-order chi connectivity index (χ0) is 21.5. The highest BCUT2D eigenvalue weighted by Gasteiger charge is 2.49. The number of carbonyl (C=O) groups is 3. The molecule has 0 bridgehead atoms. The van der Waals surface area contributed by atoms with E-state index >= 15 is 0 Å². The van der Waals surface area contributed by atoms with Gasteiger partial charge in [-0.3, -0.25) is 19.8 Å². The summed E-state index contributed by atoms with van der Waals surface area (Å²) in [7, 11) is 0. The van der Waals surface area contributed by atoms with Crippen LogP contribution in [-0.4, -0.2) is 38.8 Å². The van der Waals surface area contributed by atoms with E-state index < -0.39 is 35.7 Å². The van der Waals surface area contributed by atoms with Gasteiger partial charge < -0.3 is 9.88 Å². The molecule has 9 heteroatoms. The minimum Gasteiger partial charge on any atom is -0.319 e. The highest BCUT2D eigenvalue weighted by Crippen LogP contribution is 2.29. The fraction of sp³-hybridized carbons (Fsp3) is 0.238. The summed E-state index contributed by atoms with van der Waals surface area (Å²) >= 11 is 0. The number of carbonyl (C=O) groups excluding carboxylic acids is 3. The predicted octanol–water partition coefficient (Wildman–Crippen LogP) is 2.60.